The molecule has 0 spiro atoms. The van der Waals surface area contributed by atoms with Crippen molar-refractivity contribution < 1.29 is 4.79 Å². The van der Waals surface area contributed by atoms with Gasteiger partial charge >= 0.3 is 0 Å². The summed E-state index contributed by atoms with van der Waals surface area (Å²) in [7, 11) is 0. The first kappa shape index (κ1) is 14.2. The Labute approximate surface area is 119 Å². The number of nitrogens with one attached hydrogen (secondary N) is 1. The molecule has 0 aromatic heterocycles. The van der Waals surface area contributed by atoms with Crippen LogP contribution in [0.3, 0.4) is 0 Å². The van der Waals surface area contributed by atoms with Crippen LogP contribution < -0.4 is 11.1 Å². The molecule has 104 valence electrons. The molecule has 0 radical (unpaired) electrons. The lowest BCUT2D eigenvalue weighted by molar-refractivity contribution is 0.0942. The number of amides is 1. The quantitative estimate of drug-likeness (QED) is 0.833. The monoisotopic (exact) mass is 280 g/mol. The number of hydrogen-bond acceptors (Lipinski definition) is 2. The zero-order chi connectivity index (χ0) is 13.8. The third-order valence-electron chi connectivity index (χ3n) is 3.92. The van der Waals surface area contributed by atoms with E-state index >= 15 is 0 Å². The van der Waals surface area contributed by atoms with Crippen LogP contribution in [0.4, 0.5) is 5.69 Å². The van der Waals surface area contributed by atoms with Crippen LogP contribution in [-0.2, 0) is 0 Å². The second-order valence-electron chi connectivity index (χ2n) is 5.58. The van der Waals surface area contributed by atoms with E-state index in [1.54, 1.807) is 18.2 Å². The van der Waals surface area contributed by atoms with Crippen molar-refractivity contribution in [3.63, 3.8) is 0 Å². The van der Waals surface area contributed by atoms with Gasteiger partial charge in [0.1, 0.15) is 0 Å². The number of halogens is 1. The lowest BCUT2D eigenvalue weighted by Crippen LogP contribution is -2.31. The predicted molar refractivity (Wildman–Crippen MR) is 79.3 cm³/mol. The fourth-order valence-electron chi connectivity index (χ4n) is 2.58. The molecule has 0 atom stereocenters. The topological polar surface area (TPSA) is 55.1 Å². The maximum atomic E-state index is 12.0. The summed E-state index contributed by atoms with van der Waals surface area (Å²) in [5.74, 6) is 1.33. The average Bonchev–Trinajstić information content (AvgIpc) is 2.37. The van der Waals surface area contributed by atoms with Crippen LogP contribution in [-0.4, -0.2) is 12.5 Å². The molecule has 1 aromatic rings. The first-order chi connectivity index (χ1) is 9.06. The Morgan fingerprint density at radius 3 is 2.68 bits per heavy atom. The second kappa shape index (κ2) is 6.29. The Hall–Kier alpha value is -1.22. The first-order valence-electron chi connectivity index (χ1n) is 6.89. The van der Waals surface area contributed by atoms with Gasteiger partial charge in [-0.2, -0.15) is 0 Å². The highest BCUT2D eigenvalue weighted by atomic mass is 35.5. The number of rotatable bonds is 3. The summed E-state index contributed by atoms with van der Waals surface area (Å²) in [6.07, 6.45) is 4.94. The van der Waals surface area contributed by atoms with Gasteiger partial charge in [-0.05, 0) is 42.9 Å². The van der Waals surface area contributed by atoms with Crippen LogP contribution >= 0.6 is 11.6 Å². The SMILES string of the molecule is CC1CCC(CNC(=O)c2ccc(N)cc2Cl)CC1. The number of benzene rings is 1. The maximum Gasteiger partial charge on any atom is 0.252 e. The Morgan fingerprint density at radius 1 is 1.37 bits per heavy atom. The normalized spacial score (nSPS) is 23.1. The Balaban J connectivity index is 1.87. The number of nitrogens with two attached hydrogens (primary N) is 1. The molecule has 4 heteroatoms. The third-order valence-corrected chi connectivity index (χ3v) is 4.24. The first-order valence-corrected chi connectivity index (χ1v) is 7.27. The Morgan fingerprint density at radius 2 is 2.05 bits per heavy atom. The van der Waals surface area contributed by atoms with E-state index in [1.165, 1.54) is 25.7 Å². The lowest BCUT2D eigenvalue weighted by atomic mass is 9.83. The van der Waals surface area contributed by atoms with Crippen molar-refractivity contribution in [2.75, 3.05) is 12.3 Å². The molecule has 0 saturated heterocycles. The summed E-state index contributed by atoms with van der Waals surface area (Å²) in [5.41, 5.74) is 6.69. The molecule has 1 aliphatic rings. The van der Waals surface area contributed by atoms with Gasteiger partial charge in [0.15, 0.2) is 0 Å². The summed E-state index contributed by atoms with van der Waals surface area (Å²) in [6, 6.07) is 4.98. The molecule has 1 fully saturated rings. The second-order valence-corrected chi connectivity index (χ2v) is 5.98. The molecule has 3 nitrogen and oxygen atoms in total. The molecular weight excluding hydrogens is 260 g/mol. The number of carbonyl (C=O) groups excluding carboxylic acids is 1. The average molecular weight is 281 g/mol. The Kier molecular flexibility index (Phi) is 4.70. The van der Waals surface area contributed by atoms with Crippen LogP contribution in [0, 0.1) is 11.8 Å². The molecule has 1 aliphatic carbocycles. The third kappa shape index (κ3) is 3.87. The van der Waals surface area contributed by atoms with Crippen LogP contribution in [0.15, 0.2) is 18.2 Å². The summed E-state index contributed by atoms with van der Waals surface area (Å²) in [6.45, 7) is 3.04. The molecule has 19 heavy (non-hydrogen) atoms. The zero-order valence-electron chi connectivity index (χ0n) is 11.3. The van der Waals surface area contributed by atoms with Crippen molar-refractivity contribution >= 4 is 23.2 Å². The summed E-state index contributed by atoms with van der Waals surface area (Å²) in [5, 5.41) is 3.39. The number of nitrogen functional groups attached to an aromatic ring is 1. The van der Waals surface area contributed by atoms with E-state index in [0.717, 1.165) is 12.5 Å². The highest BCUT2D eigenvalue weighted by Crippen LogP contribution is 2.27. The van der Waals surface area contributed by atoms with E-state index in [4.69, 9.17) is 17.3 Å². The highest BCUT2D eigenvalue weighted by molar-refractivity contribution is 6.34. The summed E-state index contributed by atoms with van der Waals surface area (Å²) in [4.78, 5) is 12.0. The van der Waals surface area contributed by atoms with Gasteiger partial charge in [-0.25, -0.2) is 0 Å². The van der Waals surface area contributed by atoms with Gasteiger partial charge in [-0.3, -0.25) is 4.79 Å². The van der Waals surface area contributed by atoms with E-state index in [-0.39, 0.29) is 5.91 Å². The molecule has 2 rings (SSSR count). The molecule has 1 amide bonds. The standard InChI is InChI=1S/C15H21ClN2O/c1-10-2-4-11(5-3-10)9-18-15(19)13-7-6-12(17)8-14(13)16/h6-8,10-11H,2-5,9,17H2,1H3,(H,18,19). The molecule has 0 heterocycles. The fraction of sp³-hybridized carbons (Fsp3) is 0.533. The van der Waals surface area contributed by atoms with Crippen molar-refractivity contribution in [3.8, 4) is 0 Å². The van der Waals surface area contributed by atoms with Crippen LogP contribution in [0.25, 0.3) is 0 Å². The number of carbonyl (C=O) groups is 1. The number of hydrogen-bond donors (Lipinski definition) is 2. The smallest absolute Gasteiger partial charge is 0.252 e. The van der Waals surface area contributed by atoms with E-state index in [1.807, 2.05) is 0 Å². The molecule has 0 unspecified atom stereocenters. The van der Waals surface area contributed by atoms with E-state index in [0.29, 0.717) is 22.2 Å². The molecule has 1 saturated carbocycles. The van der Waals surface area contributed by atoms with Gasteiger partial charge < -0.3 is 11.1 Å². The van der Waals surface area contributed by atoms with Gasteiger partial charge in [-0.1, -0.05) is 31.4 Å². The highest BCUT2D eigenvalue weighted by Gasteiger charge is 2.19. The lowest BCUT2D eigenvalue weighted by Gasteiger charge is -2.26. The van der Waals surface area contributed by atoms with Gasteiger partial charge in [0.25, 0.3) is 5.91 Å². The summed E-state index contributed by atoms with van der Waals surface area (Å²) < 4.78 is 0. The fourth-order valence-corrected chi connectivity index (χ4v) is 2.86. The van der Waals surface area contributed by atoms with Crippen LogP contribution in [0.5, 0.6) is 0 Å². The van der Waals surface area contributed by atoms with E-state index in [2.05, 4.69) is 12.2 Å². The van der Waals surface area contributed by atoms with Crippen molar-refractivity contribution in [2.24, 2.45) is 11.8 Å². The van der Waals surface area contributed by atoms with Crippen molar-refractivity contribution in [1.29, 1.82) is 0 Å². The Bertz CT molecular complexity index is 453. The largest absolute Gasteiger partial charge is 0.399 e. The van der Waals surface area contributed by atoms with Gasteiger partial charge in [0.2, 0.25) is 0 Å². The maximum absolute atomic E-state index is 12.0. The van der Waals surface area contributed by atoms with Gasteiger partial charge in [-0.15, -0.1) is 0 Å². The van der Waals surface area contributed by atoms with Crippen molar-refractivity contribution in [1.82, 2.24) is 5.32 Å². The van der Waals surface area contributed by atoms with Crippen molar-refractivity contribution in [3.05, 3.63) is 28.8 Å². The zero-order valence-corrected chi connectivity index (χ0v) is 12.0. The van der Waals surface area contributed by atoms with Gasteiger partial charge in [0.05, 0.1) is 10.6 Å². The van der Waals surface area contributed by atoms with Crippen LogP contribution in [0.2, 0.25) is 5.02 Å². The van der Waals surface area contributed by atoms with Crippen LogP contribution in [0.1, 0.15) is 43.0 Å². The minimum Gasteiger partial charge on any atom is -0.399 e. The minimum atomic E-state index is -0.108. The molecule has 1 aromatic carbocycles. The minimum absolute atomic E-state index is 0.108. The van der Waals surface area contributed by atoms with Gasteiger partial charge in [0, 0.05) is 12.2 Å². The van der Waals surface area contributed by atoms with E-state index in [9.17, 15) is 4.79 Å². The van der Waals surface area contributed by atoms with E-state index < -0.39 is 0 Å². The molecule has 0 aliphatic heterocycles. The molecule has 0 bridgehead atoms. The predicted octanol–water partition coefficient (Wildman–Crippen LogP) is 3.48. The molecular formula is C15H21ClN2O. The molecule has 3 N–H and O–H groups in total. The van der Waals surface area contributed by atoms with Crippen molar-refractivity contribution in [2.45, 2.75) is 32.6 Å². The number of anilines is 1. The summed E-state index contributed by atoms with van der Waals surface area (Å²) >= 11 is 6.02.